The molecule has 2 aromatic carbocycles. The lowest BCUT2D eigenvalue weighted by Crippen LogP contribution is -2.05. The second-order valence-electron chi connectivity index (χ2n) is 4.47. The van der Waals surface area contributed by atoms with Crippen molar-refractivity contribution in [2.45, 2.75) is 6.61 Å². The van der Waals surface area contributed by atoms with Crippen LogP contribution in [0.3, 0.4) is 0 Å². The molecule has 0 saturated carbocycles. The Hall–Kier alpha value is -2.26. The Balaban J connectivity index is 1.71. The van der Waals surface area contributed by atoms with E-state index >= 15 is 0 Å². The number of H-pyrrole nitrogens is 1. The van der Waals surface area contributed by atoms with Crippen molar-refractivity contribution in [3.8, 4) is 0 Å². The van der Waals surface area contributed by atoms with Crippen LogP contribution in [0.5, 0.6) is 0 Å². The number of benzene rings is 2. The van der Waals surface area contributed by atoms with Crippen LogP contribution in [0.15, 0.2) is 54.6 Å². The molecule has 1 aromatic heterocycles. The minimum absolute atomic E-state index is 0.228. The van der Waals surface area contributed by atoms with Crippen LogP contribution in [0.2, 0.25) is 5.02 Å². The summed E-state index contributed by atoms with van der Waals surface area (Å²) in [6, 6.07) is 16.7. The van der Waals surface area contributed by atoms with Crippen molar-refractivity contribution in [2.24, 2.45) is 0 Å². The van der Waals surface area contributed by atoms with Gasteiger partial charge in [-0.05, 0) is 29.8 Å². The fourth-order valence-electron chi connectivity index (χ4n) is 1.99. The van der Waals surface area contributed by atoms with E-state index in [9.17, 15) is 4.79 Å². The van der Waals surface area contributed by atoms with E-state index in [1.165, 1.54) is 0 Å². The largest absolute Gasteiger partial charge is 0.456 e. The summed E-state index contributed by atoms with van der Waals surface area (Å²) in [5, 5.41) is 1.65. The van der Waals surface area contributed by atoms with Crippen molar-refractivity contribution in [1.82, 2.24) is 4.98 Å². The number of halogens is 1. The third-order valence-electron chi connectivity index (χ3n) is 3.03. The average Bonchev–Trinajstić information content (AvgIpc) is 2.90. The van der Waals surface area contributed by atoms with Gasteiger partial charge in [0.2, 0.25) is 0 Å². The summed E-state index contributed by atoms with van der Waals surface area (Å²) < 4.78 is 5.27. The van der Waals surface area contributed by atoms with E-state index in [1.807, 2.05) is 36.4 Å². The second kappa shape index (κ2) is 5.39. The highest BCUT2D eigenvalue weighted by molar-refractivity contribution is 6.30. The number of para-hydroxylation sites is 1. The molecule has 0 spiro atoms. The van der Waals surface area contributed by atoms with Gasteiger partial charge in [0.05, 0.1) is 0 Å². The predicted octanol–water partition coefficient (Wildman–Crippen LogP) is 4.18. The number of fused-ring (bicyclic) bond motifs is 1. The molecule has 3 nitrogen and oxygen atoms in total. The molecule has 0 fully saturated rings. The number of rotatable bonds is 3. The Morgan fingerprint density at radius 1 is 1.10 bits per heavy atom. The smallest absolute Gasteiger partial charge is 0.355 e. The number of carbonyl (C=O) groups excluding carboxylic acids is 1. The Labute approximate surface area is 121 Å². The SMILES string of the molecule is O=C(OCc1ccc(Cl)cc1)c1cc2ccccc2[nH]1. The molecular formula is C16H12ClNO2. The molecule has 0 saturated heterocycles. The molecule has 0 aliphatic carbocycles. The summed E-state index contributed by atoms with van der Waals surface area (Å²) >= 11 is 5.80. The summed E-state index contributed by atoms with van der Waals surface area (Å²) in [6.45, 7) is 0.228. The van der Waals surface area contributed by atoms with Crippen LogP contribution in [-0.2, 0) is 11.3 Å². The zero-order valence-corrected chi connectivity index (χ0v) is 11.4. The van der Waals surface area contributed by atoms with Crippen molar-refractivity contribution in [1.29, 1.82) is 0 Å². The lowest BCUT2D eigenvalue weighted by atomic mass is 10.2. The first kappa shape index (κ1) is 12.8. The van der Waals surface area contributed by atoms with Gasteiger partial charge < -0.3 is 9.72 Å². The number of nitrogens with one attached hydrogen (secondary N) is 1. The number of aromatic amines is 1. The number of hydrogen-bond donors (Lipinski definition) is 1. The fourth-order valence-corrected chi connectivity index (χ4v) is 2.12. The van der Waals surface area contributed by atoms with Gasteiger partial charge in [-0.3, -0.25) is 0 Å². The molecule has 0 atom stereocenters. The van der Waals surface area contributed by atoms with E-state index in [0.717, 1.165) is 16.5 Å². The lowest BCUT2D eigenvalue weighted by molar-refractivity contribution is 0.0467. The Morgan fingerprint density at radius 3 is 2.60 bits per heavy atom. The molecule has 4 heteroatoms. The Kier molecular flexibility index (Phi) is 3.44. The van der Waals surface area contributed by atoms with E-state index in [-0.39, 0.29) is 12.6 Å². The van der Waals surface area contributed by atoms with E-state index in [0.29, 0.717) is 10.7 Å². The Morgan fingerprint density at radius 2 is 1.85 bits per heavy atom. The highest BCUT2D eigenvalue weighted by Crippen LogP contribution is 2.16. The summed E-state index contributed by atoms with van der Waals surface area (Å²) in [5.74, 6) is -0.365. The molecule has 0 aliphatic heterocycles. The number of ether oxygens (including phenoxy) is 1. The molecule has 1 N–H and O–H groups in total. The van der Waals surface area contributed by atoms with Crippen molar-refractivity contribution in [3.05, 3.63) is 70.9 Å². The molecule has 0 aliphatic rings. The zero-order chi connectivity index (χ0) is 13.9. The average molecular weight is 286 g/mol. The van der Waals surface area contributed by atoms with Gasteiger partial charge in [0.1, 0.15) is 12.3 Å². The third-order valence-corrected chi connectivity index (χ3v) is 3.29. The standard InChI is InChI=1S/C16H12ClNO2/c17-13-7-5-11(6-8-13)10-20-16(19)15-9-12-3-1-2-4-14(12)18-15/h1-9,18H,10H2. The van der Waals surface area contributed by atoms with Crippen molar-refractivity contribution in [3.63, 3.8) is 0 Å². The van der Waals surface area contributed by atoms with Gasteiger partial charge >= 0.3 is 5.97 Å². The van der Waals surface area contributed by atoms with Gasteiger partial charge in [0.25, 0.3) is 0 Å². The molecule has 0 unspecified atom stereocenters. The maximum atomic E-state index is 12.0. The van der Waals surface area contributed by atoms with Crippen LogP contribution in [-0.4, -0.2) is 11.0 Å². The number of hydrogen-bond acceptors (Lipinski definition) is 2. The maximum absolute atomic E-state index is 12.0. The number of aromatic nitrogens is 1. The van der Waals surface area contributed by atoms with Crippen LogP contribution < -0.4 is 0 Å². The number of esters is 1. The fraction of sp³-hybridized carbons (Fsp3) is 0.0625. The zero-order valence-electron chi connectivity index (χ0n) is 10.6. The van der Waals surface area contributed by atoms with Crippen molar-refractivity contribution >= 4 is 28.5 Å². The molecule has 100 valence electrons. The van der Waals surface area contributed by atoms with E-state index in [2.05, 4.69) is 4.98 Å². The predicted molar refractivity (Wildman–Crippen MR) is 78.9 cm³/mol. The second-order valence-corrected chi connectivity index (χ2v) is 4.91. The molecule has 20 heavy (non-hydrogen) atoms. The summed E-state index contributed by atoms with van der Waals surface area (Å²) in [7, 11) is 0. The first-order chi connectivity index (χ1) is 9.72. The van der Waals surface area contributed by atoms with Gasteiger partial charge in [0, 0.05) is 15.9 Å². The summed E-state index contributed by atoms with van der Waals surface area (Å²) in [6.07, 6.45) is 0. The van der Waals surface area contributed by atoms with Crippen LogP contribution in [0, 0.1) is 0 Å². The highest BCUT2D eigenvalue weighted by Gasteiger charge is 2.10. The molecule has 0 bridgehead atoms. The highest BCUT2D eigenvalue weighted by atomic mass is 35.5. The van der Waals surface area contributed by atoms with E-state index in [1.54, 1.807) is 18.2 Å². The quantitative estimate of drug-likeness (QED) is 0.734. The molecule has 1 heterocycles. The third kappa shape index (κ3) is 2.68. The number of carbonyl (C=O) groups is 1. The van der Waals surface area contributed by atoms with E-state index < -0.39 is 0 Å². The molecule has 0 amide bonds. The van der Waals surface area contributed by atoms with Crippen LogP contribution in [0.4, 0.5) is 0 Å². The minimum Gasteiger partial charge on any atom is -0.456 e. The van der Waals surface area contributed by atoms with Gasteiger partial charge in [-0.1, -0.05) is 41.9 Å². The van der Waals surface area contributed by atoms with Gasteiger partial charge in [-0.2, -0.15) is 0 Å². The topological polar surface area (TPSA) is 42.1 Å². The normalized spacial score (nSPS) is 10.7. The maximum Gasteiger partial charge on any atom is 0.355 e. The Bertz CT molecular complexity index is 714. The van der Waals surface area contributed by atoms with Crippen LogP contribution in [0.1, 0.15) is 16.1 Å². The first-order valence-corrected chi connectivity index (χ1v) is 6.59. The van der Waals surface area contributed by atoms with Gasteiger partial charge in [-0.25, -0.2) is 4.79 Å². The van der Waals surface area contributed by atoms with Crippen molar-refractivity contribution in [2.75, 3.05) is 0 Å². The van der Waals surface area contributed by atoms with Crippen molar-refractivity contribution < 1.29 is 9.53 Å². The van der Waals surface area contributed by atoms with Crippen LogP contribution in [0.25, 0.3) is 10.9 Å². The lowest BCUT2D eigenvalue weighted by Gasteiger charge is -2.03. The van der Waals surface area contributed by atoms with E-state index in [4.69, 9.17) is 16.3 Å². The van der Waals surface area contributed by atoms with Gasteiger partial charge in [0.15, 0.2) is 0 Å². The van der Waals surface area contributed by atoms with Crippen LogP contribution >= 0.6 is 11.6 Å². The molecule has 0 radical (unpaired) electrons. The monoisotopic (exact) mass is 285 g/mol. The summed E-state index contributed by atoms with van der Waals surface area (Å²) in [5.41, 5.74) is 2.28. The minimum atomic E-state index is -0.365. The molecular weight excluding hydrogens is 274 g/mol. The first-order valence-electron chi connectivity index (χ1n) is 6.22. The summed E-state index contributed by atoms with van der Waals surface area (Å²) in [4.78, 5) is 15.0. The molecule has 3 aromatic rings. The van der Waals surface area contributed by atoms with Gasteiger partial charge in [-0.15, -0.1) is 0 Å². The molecule has 3 rings (SSSR count).